The predicted octanol–water partition coefficient (Wildman–Crippen LogP) is 1.49. The van der Waals surface area contributed by atoms with Crippen LogP contribution >= 0.6 is 0 Å². The summed E-state index contributed by atoms with van der Waals surface area (Å²) < 4.78 is 27.2. The van der Waals surface area contributed by atoms with Crippen molar-refractivity contribution >= 4 is 0 Å². The van der Waals surface area contributed by atoms with E-state index in [0.717, 1.165) is 0 Å². The Bertz CT molecular complexity index is 200. The molecule has 5 nitrogen and oxygen atoms in total. The maximum absolute atomic E-state index is 5.81. The average molecular weight is 264 g/mol. The molecular formula is C13H28O5. The quantitative estimate of drug-likeness (QED) is 0.753. The van der Waals surface area contributed by atoms with Crippen LogP contribution < -0.4 is 0 Å². The van der Waals surface area contributed by atoms with Crippen molar-refractivity contribution in [1.29, 1.82) is 0 Å². The minimum absolute atomic E-state index is 0.0403. The zero-order valence-corrected chi connectivity index (χ0v) is 12.6. The molecule has 1 rings (SSSR count). The van der Waals surface area contributed by atoms with Gasteiger partial charge in [0.15, 0.2) is 0 Å². The summed E-state index contributed by atoms with van der Waals surface area (Å²) in [4.78, 5) is 0. The van der Waals surface area contributed by atoms with Crippen LogP contribution in [0.15, 0.2) is 0 Å². The average Bonchev–Trinajstić information content (AvgIpc) is 2.40. The molecule has 4 unspecified atom stereocenters. The summed E-state index contributed by atoms with van der Waals surface area (Å²) in [5, 5.41) is 0. The van der Waals surface area contributed by atoms with Crippen LogP contribution in [0.2, 0.25) is 0 Å². The zero-order chi connectivity index (χ0) is 14.1. The predicted molar refractivity (Wildman–Crippen MR) is 70.0 cm³/mol. The molecule has 0 aromatic rings. The fourth-order valence-electron chi connectivity index (χ4n) is 2.27. The van der Waals surface area contributed by atoms with Crippen LogP contribution in [0.5, 0.6) is 0 Å². The second-order valence-corrected chi connectivity index (χ2v) is 3.94. The van der Waals surface area contributed by atoms with Crippen LogP contribution in [0.4, 0.5) is 0 Å². The third-order valence-corrected chi connectivity index (χ3v) is 3.01. The maximum atomic E-state index is 5.81. The van der Waals surface area contributed by atoms with Crippen LogP contribution in [-0.4, -0.2) is 65.6 Å². The molecule has 1 heterocycles. The molecule has 1 aliphatic heterocycles. The van der Waals surface area contributed by atoms with Gasteiger partial charge in [0.05, 0.1) is 12.7 Å². The summed E-state index contributed by atoms with van der Waals surface area (Å²) in [6.45, 7) is 6.45. The Kier molecular flexibility index (Phi) is 9.59. The van der Waals surface area contributed by atoms with Crippen molar-refractivity contribution in [3.05, 3.63) is 0 Å². The minimum atomic E-state index is -0.175. The Morgan fingerprint density at radius 2 is 1.33 bits per heavy atom. The van der Waals surface area contributed by atoms with Crippen LogP contribution in [0.3, 0.4) is 0 Å². The molecule has 1 saturated heterocycles. The molecule has 5 atom stereocenters. The van der Waals surface area contributed by atoms with Gasteiger partial charge in [-0.05, 0) is 6.92 Å². The van der Waals surface area contributed by atoms with Gasteiger partial charge < -0.3 is 23.7 Å². The number of hydrogen-bond acceptors (Lipinski definition) is 5. The molecular weight excluding hydrogens is 236 g/mol. The lowest BCUT2D eigenvalue weighted by Gasteiger charge is -2.43. The molecule has 1 fully saturated rings. The van der Waals surface area contributed by atoms with Crippen molar-refractivity contribution in [3.63, 3.8) is 0 Å². The van der Waals surface area contributed by atoms with Gasteiger partial charge >= 0.3 is 0 Å². The molecule has 5 heteroatoms. The minimum Gasteiger partial charge on any atom is -0.382 e. The van der Waals surface area contributed by atoms with E-state index >= 15 is 0 Å². The first-order chi connectivity index (χ1) is 8.69. The van der Waals surface area contributed by atoms with E-state index < -0.39 is 0 Å². The van der Waals surface area contributed by atoms with E-state index in [1.165, 1.54) is 0 Å². The van der Waals surface area contributed by atoms with Crippen molar-refractivity contribution in [2.45, 2.75) is 51.3 Å². The van der Waals surface area contributed by atoms with Crippen LogP contribution in [0, 0.1) is 0 Å². The van der Waals surface area contributed by atoms with Crippen LogP contribution in [0.25, 0.3) is 0 Å². The molecule has 1 aliphatic rings. The van der Waals surface area contributed by atoms with Gasteiger partial charge in [-0.1, -0.05) is 13.8 Å². The maximum Gasteiger partial charge on any atom is 0.114 e. The van der Waals surface area contributed by atoms with Gasteiger partial charge in [0.2, 0.25) is 0 Å². The highest BCUT2D eigenvalue weighted by molar-refractivity contribution is 4.93. The Labute approximate surface area is 111 Å². The van der Waals surface area contributed by atoms with Gasteiger partial charge in [-0.3, -0.25) is 0 Å². The second kappa shape index (κ2) is 9.69. The highest BCUT2D eigenvalue weighted by Crippen LogP contribution is 2.26. The Morgan fingerprint density at radius 1 is 0.833 bits per heavy atom. The van der Waals surface area contributed by atoms with Crippen LogP contribution in [-0.2, 0) is 23.7 Å². The van der Waals surface area contributed by atoms with Gasteiger partial charge in [-0.15, -0.1) is 0 Å². The number of methoxy groups -OCH3 is 4. The highest BCUT2D eigenvalue weighted by atomic mass is 16.6. The lowest BCUT2D eigenvalue weighted by atomic mass is 9.95. The molecule has 0 aromatic heterocycles. The third-order valence-electron chi connectivity index (χ3n) is 3.01. The molecule has 110 valence electrons. The van der Waals surface area contributed by atoms with Gasteiger partial charge in [0, 0.05) is 28.4 Å². The van der Waals surface area contributed by atoms with Crippen LogP contribution in [0.1, 0.15) is 20.8 Å². The Balaban J connectivity index is 0.00000137. The lowest BCUT2D eigenvalue weighted by molar-refractivity contribution is -0.245. The third kappa shape index (κ3) is 4.17. The van der Waals surface area contributed by atoms with Gasteiger partial charge in [-0.2, -0.15) is 0 Å². The number of rotatable bonds is 5. The van der Waals surface area contributed by atoms with Crippen molar-refractivity contribution in [2.75, 3.05) is 35.0 Å². The zero-order valence-electron chi connectivity index (χ0n) is 12.6. The van der Waals surface area contributed by atoms with E-state index in [4.69, 9.17) is 23.7 Å². The van der Waals surface area contributed by atoms with E-state index in [1.807, 2.05) is 20.8 Å². The molecule has 18 heavy (non-hydrogen) atoms. The molecule has 0 amide bonds. The number of ether oxygens (including phenoxy) is 5. The molecule has 0 N–H and O–H groups in total. The van der Waals surface area contributed by atoms with Crippen molar-refractivity contribution in [3.8, 4) is 0 Å². The Hall–Kier alpha value is -0.200. The standard InChI is InChI=1S/C11H22O5.C2H6/c1-7-9(13-3)11(15-5)10(14-4)8(16-7)6-12-2;1-2/h7-11H,6H2,1-5H3;1-2H3/t7?,8?,9?,10-,11?;/m0./s1. The van der Waals surface area contributed by atoms with Crippen molar-refractivity contribution < 1.29 is 23.7 Å². The van der Waals surface area contributed by atoms with E-state index in [2.05, 4.69) is 0 Å². The summed E-state index contributed by atoms with van der Waals surface area (Å²) in [6.07, 6.45) is -0.601. The fraction of sp³-hybridized carbons (Fsp3) is 1.00. The summed E-state index contributed by atoms with van der Waals surface area (Å²) >= 11 is 0. The fourth-order valence-corrected chi connectivity index (χ4v) is 2.27. The van der Waals surface area contributed by atoms with Crippen molar-refractivity contribution in [1.82, 2.24) is 0 Å². The van der Waals surface area contributed by atoms with E-state index in [0.29, 0.717) is 6.61 Å². The topological polar surface area (TPSA) is 46.2 Å². The smallest absolute Gasteiger partial charge is 0.114 e. The molecule has 0 saturated carbocycles. The largest absolute Gasteiger partial charge is 0.382 e. The summed E-state index contributed by atoms with van der Waals surface area (Å²) in [6, 6.07) is 0. The molecule has 0 spiro atoms. The molecule has 0 aliphatic carbocycles. The highest BCUT2D eigenvalue weighted by Gasteiger charge is 2.45. The molecule has 0 radical (unpaired) electrons. The summed E-state index contributed by atoms with van der Waals surface area (Å²) in [5.41, 5.74) is 0. The number of hydrogen-bond donors (Lipinski definition) is 0. The van der Waals surface area contributed by atoms with E-state index in [1.54, 1.807) is 28.4 Å². The van der Waals surface area contributed by atoms with Crippen molar-refractivity contribution in [2.24, 2.45) is 0 Å². The van der Waals surface area contributed by atoms with Gasteiger partial charge in [-0.25, -0.2) is 0 Å². The lowest BCUT2D eigenvalue weighted by Crippen LogP contribution is -2.59. The molecule has 0 bridgehead atoms. The first-order valence-electron chi connectivity index (χ1n) is 6.42. The van der Waals surface area contributed by atoms with E-state index in [9.17, 15) is 0 Å². The monoisotopic (exact) mass is 264 g/mol. The van der Waals surface area contributed by atoms with Gasteiger partial charge in [0.25, 0.3) is 0 Å². The summed E-state index contributed by atoms with van der Waals surface area (Å²) in [5.74, 6) is 0. The second-order valence-electron chi connectivity index (χ2n) is 3.94. The Morgan fingerprint density at radius 3 is 1.72 bits per heavy atom. The normalized spacial score (nSPS) is 35.8. The first-order valence-corrected chi connectivity index (χ1v) is 6.42. The first kappa shape index (κ1) is 17.8. The van der Waals surface area contributed by atoms with Gasteiger partial charge in [0.1, 0.15) is 24.4 Å². The van der Waals surface area contributed by atoms with E-state index in [-0.39, 0.29) is 30.5 Å². The molecule has 0 aromatic carbocycles. The summed E-state index contributed by atoms with van der Waals surface area (Å²) in [7, 11) is 6.60. The SMILES string of the molecule is CC.COCC1OC(C)C(OC)C(OC)[C@H]1OC.